The van der Waals surface area contributed by atoms with Crippen LogP contribution in [-0.2, 0) is 13.6 Å². The van der Waals surface area contributed by atoms with Crippen LogP contribution in [0.25, 0.3) is 0 Å². The van der Waals surface area contributed by atoms with Crippen LogP contribution in [0.3, 0.4) is 0 Å². The molecule has 0 aromatic rings. The molecule has 0 aromatic heterocycles. The van der Waals surface area contributed by atoms with Gasteiger partial charge in [-0.1, -0.05) is 25.9 Å². The SMILES string of the molecule is CC(=NO)C(C)O[PH](=O)OCC(C)(C)C. The van der Waals surface area contributed by atoms with Gasteiger partial charge in [0.1, 0.15) is 6.10 Å². The molecule has 0 aliphatic heterocycles. The van der Waals surface area contributed by atoms with E-state index >= 15 is 0 Å². The number of nitrogens with zero attached hydrogens (tertiary/aromatic N) is 1. The molecule has 0 bridgehead atoms. The quantitative estimate of drug-likeness (QED) is 0.345. The van der Waals surface area contributed by atoms with Crippen LogP contribution >= 0.6 is 8.25 Å². The van der Waals surface area contributed by atoms with Gasteiger partial charge in [0, 0.05) is 0 Å². The second kappa shape index (κ2) is 6.26. The maximum absolute atomic E-state index is 11.3. The Labute approximate surface area is 91.4 Å². The molecule has 0 radical (unpaired) electrons. The Morgan fingerprint density at radius 3 is 2.47 bits per heavy atom. The Hall–Kier alpha value is -0.380. The first-order chi connectivity index (χ1) is 6.76. The molecule has 5 nitrogen and oxygen atoms in total. The van der Waals surface area contributed by atoms with E-state index in [1.165, 1.54) is 0 Å². The zero-order valence-electron chi connectivity index (χ0n) is 9.90. The maximum Gasteiger partial charge on any atom is 0.319 e. The Kier molecular flexibility index (Phi) is 6.10. The van der Waals surface area contributed by atoms with Gasteiger partial charge in [-0.3, -0.25) is 4.57 Å². The van der Waals surface area contributed by atoms with E-state index in [9.17, 15) is 4.57 Å². The third kappa shape index (κ3) is 7.54. The van der Waals surface area contributed by atoms with E-state index in [0.29, 0.717) is 12.3 Å². The van der Waals surface area contributed by atoms with Gasteiger partial charge >= 0.3 is 8.25 Å². The van der Waals surface area contributed by atoms with Gasteiger partial charge in [-0.05, 0) is 19.3 Å². The van der Waals surface area contributed by atoms with Crippen LogP contribution in [0.15, 0.2) is 5.16 Å². The van der Waals surface area contributed by atoms with Crippen molar-refractivity contribution in [3.8, 4) is 0 Å². The van der Waals surface area contributed by atoms with Crippen LogP contribution < -0.4 is 0 Å². The van der Waals surface area contributed by atoms with E-state index in [1.54, 1.807) is 13.8 Å². The monoisotopic (exact) mass is 237 g/mol. The lowest BCUT2D eigenvalue weighted by atomic mass is 9.99. The van der Waals surface area contributed by atoms with Gasteiger partial charge in [-0.25, -0.2) is 0 Å². The van der Waals surface area contributed by atoms with Crippen LogP contribution in [0.5, 0.6) is 0 Å². The molecule has 0 rings (SSSR count). The standard InChI is InChI=1S/C9H20NO4P/c1-7(10-11)8(2)14-15(12)13-6-9(3,4)5/h8,11,15H,6H2,1-5H3. The van der Waals surface area contributed by atoms with Gasteiger partial charge in [0.15, 0.2) is 0 Å². The van der Waals surface area contributed by atoms with Crippen LogP contribution in [-0.4, -0.2) is 23.6 Å². The Balaban J connectivity index is 3.95. The average molecular weight is 237 g/mol. The van der Waals surface area contributed by atoms with Crippen molar-refractivity contribution in [3.63, 3.8) is 0 Å². The van der Waals surface area contributed by atoms with Gasteiger partial charge in [-0.2, -0.15) is 0 Å². The lowest BCUT2D eigenvalue weighted by Gasteiger charge is -2.18. The number of rotatable bonds is 5. The zero-order chi connectivity index (χ0) is 12.1. The molecule has 0 fully saturated rings. The number of hydrogen-bond acceptors (Lipinski definition) is 5. The topological polar surface area (TPSA) is 68.1 Å². The minimum atomic E-state index is -2.52. The molecule has 0 amide bonds. The fraction of sp³-hybridized carbons (Fsp3) is 0.889. The third-order valence-corrected chi connectivity index (χ3v) is 2.57. The summed E-state index contributed by atoms with van der Waals surface area (Å²) in [7, 11) is -2.52. The first-order valence-corrected chi connectivity index (χ1v) is 6.00. The molecule has 6 heteroatoms. The van der Waals surface area contributed by atoms with Crippen molar-refractivity contribution in [1.29, 1.82) is 0 Å². The normalized spacial score (nSPS) is 17.5. The van der Waals surface area contributed by atoms with Crippen molar-refractivity contribution in [2.75, 3.05) is 6.61 Å². The first kappa shape index (κ1) is 14.6. The van der Waals surface area contributed by atoms with Crippen LogP contribution in [0.4, 0.5) is 0 Å². The molecule has 0 saturated heterocycles. The molecule has 0 saturated carbocycles. The fourth-order valence-corrected chi connectivity index (χ4v) is 1.70. The van der Waals surface area contributed by atoms with E-state index < -0.39 is 14.4 Å². The van der Waals surface area contributed by atoms with E-state index in [1.807, 2.05) is 20.8 Å². The van der Waals surface area contributed by atoms with Crippen molar-refractivity contribution in [2.45, 2.75) is 40.7 Å². The lowest BCUT2D eigenvalue weighted by Crippen LogP contribution is -2.16. The highest BCUT2D eigenvalue weighted by Crippen LogP contribution is 2.29. The first-order valence-electron chi connectivity index (χ1n) is 4.78. The molecule has 2 unspecified atom stereocenters. The highest BCUT2D eigenvalue weighted by atomic mass is 31.1. The van der Waals surface area contributed by atoms with Crippen molar-refractivity contribution in [3.05, 3.63) is 0 Å². The molecular formula is C9H20NO4P. The summed E-state index contributed by atoms with van der Waals surface area (Å²) >= 11 is 0. The summed E-state index contributed by atoms with van der Waals surface area (Å²) in [6.45, 7) is 9.54. The Morgan fingerprint density at radius 2 is 2.07 bits per heavy atom. The molecule has 0 aromatic carbocycles. The van der Waals surface area contributed by atoms with Crippen molar-refractivity contribution < 1.29 is 18.8 Å². The molecule has 1 N–H and O–H groups in total. The second-order valence-corrected chi connectivity index (χ2v) is 5.63. The van der Waals surface area contributed by atoms with Crippen molar-refractivity contribution in [2.24, 2.45) is 10.6 Å². The summed E-state index contributed by atoms with van der Waals surface area (Å²) in [4.78, 5) is 0. The van der Waals surface area contributed by atoms with E-state index in [4.69, 9.17) is 14.3 Å². The van der Waals surface area contributed by atoms with Gasteiger partial charge in [0.2, 0.25) is 0 Å². The minimum absolute atomic E-state index is 0.0486. The molecule has 0 aliphatic rings. The Morgan fingerprint density at radius 1 is 1.53 bits per heavy atom. The van der Waals surface area contributed by atoms with Crippen molar-refractivity contribution >= 4 is 14.0 Å². The predicted molar refractivity (Wildman–Crippen MR) is 59.9 cm³/mol. The van der Waals surface area contributed by atoms with Crippen molar-refractivity contribution in [1.82, 2.24) is 0 Å². The van der Waals surface area contributed by atoms with Gasteiger partial charge < -0.3 is 14.3 Å². The van der Waals surface area contributed by atoms with Crippen LogP contribution in [0.2, 0.25) is 0 Å². The third-order valence-electron chi connectivity index (χ3n) is 1.64. The van der Waals surface area contributed by atoms with Gasteiger partial charge in [0.25, 0.3) is 0 Å². The van der Waals surface area contributed by atoms with Crippen LogP contribution in [0.1, 0.15) is 34.6 Å². The maximum atomic E-state index is 11.3. The Bertz CT molecular complexity index is 247. The molecule has 90 valence electrons. The molecule has 15 heavy (non-hydrogen) atoms. The lowest BCUT2D eigenvalue weighted by molar-refractivity contribution is 0.157. The highest BCUT2D eigenvalue weighted by molar-refractivity contribution is 7.33. The van der Waals surface area contributed by atoms with E-state index in [2.05, 4.69) is 5.16 Å². The summed E-state index contributed by atoms with van der Waals surface area (Å²) in [5.74, 6) is 0. The largest absolute Gasteiger partial charge is 0.411 e. The summed E-state index contributed by atoms with van der Waals surface area (Å²) in [5.41, 5.74) is 0.320. The molecule has 0 aliphatic carbocycles. The predicted octanol–water partition coefficient (Wildman–Crippen LogP) is 2.69. The zero-order valence-corrected chi connectivity index (χ0v) is 10.9. The molecular weight excluding hydrogens is 217 g/mol. The van der Waals surface area contributed by atoms with E-state index in [-0.39, 0.29) is 5.41 Å². The van der Waals surface area contributed by atoms with E-state index in [0.717, 1.165) is 0 Å². The summed E-state index contributed by atoms with van der Waals surface area (Å²) < 4.78 is 21.4. The molecule has 0 spiro atoms. The summed E-state index contributed by atoms with van der Waals surface area (Å²) in [5, 5.41) is 11.4. The fourth-order valence-electron chi connectivity index (χ4n) is 0.620. The summed E-state index contributed by atoms with van der Waals surface area (Å²) in [6.07, 6.45) is -0.499. The van der Waals surface area contributed by atoms with Crippen LogP contribution in [0, 0.1) is 5.41 Å². The average Bonchev–Trinajstić information content (AvgIpc) is 2.12. The molecule has 2 atom stereocenters. The smallest absolute Gasteiger partial charge is 0.319 e. The highest BCUT2D eigenvalue weighted by Gasteiger charge is 2.15. The van der Waals surface area contributed by atoms with Gasteiger partial charge in [-0.15, -0.1) is 0 Å². The second-order valence-electron chi connectivity index (χ2n) is 4.60. The number of oxime groups is 1. The minimum Gasteiger partial charge on any atom is -0.411 e. The van der Waals surface area contributed by atoms with Gasteiger partial charge in [0.05, 0.1) is 12.3 Å². The summed E-state index contributed by atoms with van der Waals surface area (Å²) in [6, 6.07) is 0. The number of hydrogen-bond donors (Lipinski definition) is 1. The molecule has 0 heterocycles.